The highest BCUT2D eigenvalue weighted by Crippen LogP contribution is 1.85. The van der Waals surface area contributed by atoms with Gasteiger partial charge in [-0.3, -0.25) is 0 Å². The summed E-state index contributed by atoms with van der Waals surface area (Å²) in [5.41, 5.74) is 0. The highest BCUT2D eigenvalue weighted by Gasteiger charge is 1.76. The summed E-state index contributed by atoms with van der Waals surface area (Å²) in [4.78, 5) is 9.51. The van der Waals surface area contributed by atoms with E-state index < -0.39 is 0 Å². The zero-order valence-corrected chi connectivity index (χ0v) is 5.14. The highest BCUT2D eigenvalue weighted by molar-refractivity contribution is 6.17. The zero-order chi connectivity index (χ0) is 6.83. The van der Waals surface area contributed by atoms with Gasteiger partial charge in [0.1, 0.15) is 6.29 Å². The molecule has 0 aliphatic heterocycles. The molecule has 4 heteroatoms. The van der Waals surface area contributed by atoms with Gasteiger partial charge in [0.15, 0.2) is 0 Å². The van der Waals surface area contributed by atoms with Crippen LogP contribution in [0.1, 0.15) is 12.8 Å². The molecule has 0 aliphatic rings. The summed E-state index contributed by atoms with van der Waals surface area (Å²) < 4.78 is 0. The van der Waals surface area contributed by atoms with Crippen molar-refractivity contribution >= 4 is 17.9 Å². The molecule has 0 aromatic rings. The maximum atomic E-state index is 9.51. The summed E-state index contributed by atoms with van der Waals surface area (Å²) in [6, 6.07) is 0. The van der Waals surface area contributed by atoms with Gasteiger partial charge in [0.05, 0.1) is 0 Å². The van der Waals surface area contributed by atoms with Crippen molar-refractivity contribution < 1.29 is 4.79 Å². The molecule has 0 saturated heterocycles. The van der Waals surface area contributed by atoms with Crippen LogP contribution in [-0.4, -0.2) is 12.2 Å². The van der Waals surface area contributed by atoms with Crippen molar-refractivity contribution in [3.8, 4) is 0 Å². The number of carbonyl (C=O) groups excluding carboxylic acids is 1. The molecule has 0 amide bonds. The molecule has 3 nitrogen and oxygen atoms in total. The molecule has 0 saturated carbocycles. The predicted octanol–water partition coefficient (Wildman–Crippen LogP) is 1.23. The summed E-state index contributed by atoms with van der Waals surface area (Å²) in [5.74, 6) is 0.596. The average Bonchev–Trinajstić information content (AvgIpc) is 1.88. The lowest BCUT2D eigenvalue weighted by Gasteiger charge is -1.77. The second-order valence-electron chi connectivity index (χ2n) is 0.998. The Morgan fingerprint density at radius 3 is 2.12 bits per heavy atom. The summed E-state index contributed by atoms with van der Waals surface area (Å²) in [6.45, 7) is 0. The van der Waals surface area contributed by atoms with Crippen molar-refractivity contribution in [1.82, 2.24) is 0 Å². The molecule has 0 N–H and O–H groups in total. The first-order valence-electron chi connectivity index (χ1n) is 2.11. The number of rotatable bonds is 3. The van der Waals surface area contributed by atoms with Gasteiger partial charge in [-0.2, -0.15) is 0 Å². The lowest BCUT2D eigenvalue weighted by molar-refractivity contribution is -0.107. The van der Waals surface area contributed by atoms with E-state index in [1.807, 2.05) is 0 Å². The van der Waals surface area contributed by atoms with Crippen molar-refractivity contribution in [2.24, 2.45) is 0 Å². The lowest BCUT2D eigenvalue weighted by atomic mass is 10.4. The molecule has 0 atom stereocenters. The number of halogens is 1. The number of aldehydes is 1. The van der Waals surface area contributed by atoms with Gasteiger partial charge in [0, 0.05) is 23.1 Å². The first-order valence-corrected chi connectivity index (χ1v) is 2.65. The molecule has 0 aliphatic carbocycles. The molecule has 0 spiro atoms. The van der Waals surface area contributed by atoms with Crippen LogP contribution in [0.15, 0.2) is 0 Å². The van der Waals surface area contributed by atoms with E-state index in [9.17, 15) is 4.79 Å². The Hall–Kier alpha value is -0.620. The normalized spacial score (nSPS) is 6.38. The molecule has 0 bridgehead atoms. The summed E-state index contributed by atoms with van der Waals surface area (Å²) in [5, 5.41) is 12.0. The summed E-state index contributed by atoms with van der Waals surface area (Å²) in [6.07, 6.45) is 2.29. The first-order chi connectivity index (χ1) is 3.91. The Labute approximate surface area is 53.1 Å². The fourth-order valence-electron chi connectivity index (χ4n) is 0.160. The molecule has 46 valence electrons. The molecule has 8 heavy (non-hydrogen) atoms. The number of unbranched alkanes of at least 4 members (excludes halogenated alkanes) is 1. The van der Waals surface area contributed by atoms with Gasteiger partial charge in [0.25, 0.3) is 0 Å². The first kappa shape index (κ1) is 10.4. The quantitative estimate of drug-likeness (QED) is 0.252. The Morgan fingerprint density at radius 2 is 2.00 bits per heavy atom. The van der Waals surface area contributed by atoms with Gasteiger partial charge >= 0.3 is 0 Å². The van der Waals surface area contributed by atoms with Crippen LogP contribution in [0, 0.1) is 10.8 Å². The summed E-state index contributed by atoms with van der Waals surface area (Å²) in [7, 11) is 0. The van der Waals surface area contributed by atoms with Crippen molar-refractivity contribution in [2.75, 3.05) is 5.88 Å². The zero-order valence-electron chi connectivity index (χ0n) is 4.38. The number of carbonyl (C=O) groups is 1. The van der Waals surface area contributed by atoms with Gasteiger partial charge in [-0.15, -0.1) is 11.6 Å². The van der Waals surface area contributed by atoms with Gasteiger partial charge in [0.2, 0.25) is 0 Å². The standard InChI is InChI=1S/C4H7ClO.N2/c5-3-1-2-4-6;1-2/h4H,1-3H2;. The maximum Gasteiger partial charge on any atom is 0.120 e. The van der Waals surface area contributed by atoms with Crippen LogP contribution >= 0.6 is 11.6 Å². The Balaban J connectivity index is 0. The Morgan fingerprint density at radius 1 is 1.50 bits per heavy atom. The highest BCUT2D eigenvalue weighted by atomic mass is 35.5. The number of alkyl halides is 1. The molecule has 0 heterocycles. The van der Waals surface area contributed by atoms with E-state index in [0.29, 0.717) is 12.3 Å². The van der Waals surface area contributed by atoms with Crippen molar-refractivity contribution in [3.05, 3.63) is 0 Å². The van der Waals surface area contributed by atoms with Crippen LogP contribution in [0.5, 0.6) is 0 Å². The van der Waals surface area contributed by atoms with Crippen LogP contribution in [-0.2, 0) is 4.79 Å². The SMILES string of the molecule is N#N.O=CCCCCl. The second kappa shape index (κ2) is 16.2. The third kappa shape index (κ3) is 18.2. The minimum absolute atomic E-state index is 0.596. The molecule has 0 aromatic carbocycles. The number of nitrogens with zero attached hydrogens (tertiary/aromatic N) is 2. The van der Waals surface area contributed by atoms with E-state index in [-0.39, 0.29) is 0 Å². The van der Waals surface area contributed by atoms with E-state index in [1.165, 1.54) is 0 Å². The van der Waals surface area contributed by atoms with Gasteiger partial charge in [-0.05, 0) is 6.42 Å². The maximum absolute atomic E-state index is 9.51. The molecule has 0 fully saturated rings. The van der Waals surface area contributed by atoms with E-state index >= 15 is 0 Å². The van der Waals surface area contributed by atoms with Crippen LogP contribution in [0.25, 0.3) is 0 Å². The van der Waals surface area contributed by atoms with E-state index in [4.69, 9.17) is 22.4 Å². The average molecular weight is 135 g/mol. The van der Waals surface area contributed by atoms with E-state index in [2.05, 4.69) is 0 Å². The Bertz CT molecular complexity index is 64.3. The minimum atomic E-state index is 0.596. The van der Waals surface area contributed by atoms with E-state index in [0.717, 1.165) is 12.7 Å². The van der Waals surface area contributed by atoms with Crippen LogP contribution in [0.3, 0.4) is 0 Å². The fourth-order valence-corrected chi connectivity index (χ4v) is 0.315. The minimum Gasteiger partial charge on any atom is -0.303 e. The van der Waals surface area contributed by atoms with Crippen LogP contribution in [0.4, 0.5) is 0 Å². The van der Waals surface area contributed by atoms with Gasteiger partial charge in [-0.1, -0.05) is 0 Å². The molecule has 0 radical (unpaired) electrons. The largest absolute Gasteiger partial charge is 0.303 e. The van der Waals surface area contributed by atoms with Crippen molar-refractivity contribution in [3.63, 3.8) is 0 Å². The molecule has 0 rings (SSSR count). The topological polar surface area (TPSA) is 64.7 Å². The van der Waals surface area contributed by atoms with Crippen molar-refractivity contribution in [1.29, 1.82) is 10.8 Å². The summed E-state index contributed by atoms with van der Waals surface area (Å²) >= 11 is 5.22. The number of hydrogen-bond donors (Lipinski definition) is 0. The smallest absolute Gasteiger partial charge is 0.120 e. The van der Waals surface area contributed by atoms with E-state index in [1.54, 1.807) is 0 Å². The number of hydrogen-bond acceptors (Lipinski definition) is 3. The molecule has 0 aromatic heterocycles. The monoisotopic (exact) mass is 134 g/mol. The third-order valence-electron chi connectivity index (χ3n) is 0.456. The predicted molar refractivity (Wildman–Crippen MR) is 29.5 cm³/mol. The van der Waals surface area contributed by atoms with Gasteiger partial charge < -0.3 is 4.79 Å². The Kier molecular flexibility index (Phi) is 21.0. The third-order valence-corrected chi connectivity index (χ3v) is 0.723. The molecular weight excluding hydrogens is 128 g/mol. The molecular formula is C4H7ClN2O. The van der Waals surface area contributed by atoms with Crippen LogP contribution in [0.2, 0.25) is 0 Å². The fraction of sp³-hybridized carbons (Fsp3) is 0.750. The lowest BCUT2D eigenvalue weighted by Crippen LogP contribution is -1.74. The van der Waals surface area contributed by atoms with Gasteiger partial charge in [-0.25, -0.2) is 0 Å². The van der Waals surface area contributed by atoms with Crippen LogP contribution < -0.4 is 0 Å². The second-order valence-corrected chi connectivity index (χ2v) is 1.38. The molecule has 0 unspecified atom stereocenters. The van der Waals surface area contributed by atoms with Crippen molar-refractivity contribution in [2.45, 2.75) is 12.8 Å².